The Bertz CT molecular complexity index is 1280. The molecule has 0 aromatic heterocycles. The number of nitrogens with zero attached hydrogens (tertiary/aromatic N) is 2. The summed E-state index contributed by atoms with van der Waals surface area (Å²) in [6.07, 6.45) is -0.0954. The highest BCUT2D eigenvalue weighted by molar-refractivity contribution is 6.24. The van der Waals surface area contributed by atoms with Crippen LogP contribution in [-0.4, -0.2) is 38.2 Å². The summed E-state index contributed by atoms with van der Waals surface area (Å²) in [5.74, 6) is 0.307. The van der Waals surface area contributed by atoms with E-state index in [4.69, 9.17) is 19.0 Å². The van der Waals surface area contributed by atoms with Gasteiger partial charge in [-0.1, -0.05) is 37.3 Å². The van der Waals surface area contributed by atoms with Crippen molar-refractivity contribution in [3.8, 4) is 17.2 Å². The third-order valence-corrected chi connectivity index (χ3v) is 6.51. The molecule has 2 fully saturated rings. The van der Waals surface area contributed by atoms with E-state index in [0.717, 1.165) is 17.7 Å². The van der Waals surface area contributed by atoms with Crippen molar-refractivity contribution in [3.05, 3.63) is 78.4 Å². The topological polar surface area (TPSA) is 77.5 Å². The third kappa shape index (κ3) is 4.49. The van der Waals surface area contributed by atoms with Gasteiger partial charge < -0.3 is 14.2 Å². The minimum Gasteiger partial charge on any atom is -0.497 e. The lowest BCUT2D eigenvalue weighted by molar-refractivity contribution is -0.126. The van der Waals surface area contributed by atoms with Crippen molar-refractivity contribution in [2.24, 2.45) is 5.92 Å². The van der Waals surface area contributed by atoms with Crippen LogP contribution in [0.4, 0.5) is 11.4 Å². The number of methoxy groups -OCH3 is 1. The van der Waals surface area contributed by atoms with Crippen LogP contribution in [0.1, 0.15) is 31.9 Å². The van der Waals surface area contributed by atoms with Crippen molar-refractivity contribution >= 4 is 23.2 Å². The van der Waals surface area contributed by atoms with Gasteiger partial charge in [-0.15, -0.1) is 0 Å². The van der Waals surface area contributed by atoms with Crippen LogP contribution in [-0.2, 0) is 14.4 Å². The monoisotopic (exact) mass is 502 g/mol. The number of amides is 2. The van der Waals surface area contributed by atoms with Gasteiger partial charge in [-0.25, -0.2) is 9.96 Å². The number of rotatable bonds is 9. The van der Waals surface area contributed by atoms with Crippen molar-refractivity contribution in [2.75, 3.05) is 30.3 Å². The van der Waals surface area contributed by atoms with Gasteiger partial charge in [-0.2, -0.15) is 0 Å². The van der Waals surface area contributed by atoms with Crippen LogP contribution >= 0.6 is 0 Å². The summed E-state index contributed by atoms with van der Waals surface area (Å²) in [6.45, 7) is 4.98. The molecule has 2 amide bonds. The van der Waals surface area contributed by atoms with E-state index >= 15 is 0 Å². The number of fused-ring (bicyclic) bond motifs is 1. The van der Waals surface area contributed by atoms with Crippen molar-refractivity contribution in [1.29, 1.82) is 0 Å². The Morgan fingerprint density at radius 3 is 2.35 bits per heavy atom. The highest BCUT2D eigenvalue weighted by Gasteiger charge is 2.60. The normalized spacial score (nSPS) is 20.8. The largest absolute Gasteiger partial charge is 0.497 e. The average Bonchev–Trinajstić information content (AvgIpc) is 3.44. The first-order valence-corrected chi connectivity index (χ1v) is 12.5. The van der Waals surface area contributed by atoms with E-state index in [-0.39, 0.29) is 5.91 Å². The summed E-state index contributed by atoms with van der Waals surface area (Å²) in [7, 11) is 1.54. The van der Waals surface area contributed by atoms with E-state index in [2.05, 4.69) is 0 Å². The summed E-state index contributed by atoms with van der Waals surface area (Å²) < 4.78 is 17.1. The molecule has 8 nitrogen and oxygen atoms in total. The fourth-order valence-electron chi connectivity index (χ4n) is 4.86. The number of benzene rings is 3. The van der Waals surface area contributed by atoms with E-state index in [9.17, 15) is 9.59 Å². The molecule has 3 aromatic carbocycles. The molecule has 0 saturated carbocycles. The fourth-order valence-corrected chi connectivity index (χ4v) is 4.86. The maximum Gasteiger partial charge on any atom is 0.266 e. The van der Waals surface area contributed by atoms with Crippen LogP contribution in [0.25, 0.3) is 0 Å². The van der Waals surface area contributed by atoms with Gasteiger partial charge in [-0.3, -0.25) is 14.4 Å². The molecule has 2 aliphatic rings. The first-order chi connectivity index (χ1) is 18.1. The van der Waals surface area contributed by atoms with Crippen molar-refractivity contribution < 1.29 is 28.6 Å². The predicted molar refractivity (Wildman–Crippen MR) is 139 cm³/mol. The van der Waals surface area contributed by atoms with Gasteiger partial charge in [0.1, 0.15) is 11.7 Å². The number of carbonyl (C=O) groups is 2. The molecule has 5 rings (SSSR count). The molecule has 3 aromatic rings. The lowest BCUT2D eigenvalue weighted by Gasteiger charge is -2.29. The molecular weight excluding hydrogens is 472 g/mol. The quantitative estimate of drug-likeness (QED) is 0.384. The standard InChI is InChI=1S/C29H30N2O6/c1-4-16-36-23-15-14-19(17-24(23)35-5-2)26-25-27(37-31(26)20-10-7-6-8-11-20)29(33)30(28(25)32)21-12-9-13-22(18-21)34-3/h6-15,17-18,25-27H,4-5,16H2,1-3H3. The molecule has 37 heavy (non-hydrogen) atoms. The summed E-state index contributed by atoms with van der Waals surface area (Å²) in [5, 5.41) is 1.67. The van der Waals surface area contributed by atoms with Crippen LogP contribution in [0, 0.1) is 5.92 Å². The van der Waals surface area contributed by atoms with Gasteiger partial charge in [-0.05, 0) is 55.3 Å². The number of ether oxygens (including phenoxy) is 3. The Morgan fingerprint density at radius 2 is 1.62 bits per heavy atom. The van der Waals surface area contributed by atoms with Gasteiger partial charge in [0.15, 0.2) is 17.6 Å². The summed E-state index contributed by atoms with van der Waals surface area (Å²) in [4.78, 5) is 34.9. The molecule has 0 N–H and O–H groups in total. The lowest BCUT2D eigenvalue weighted by Crippen LogP contribution is -2.37. The van der Waals surface area contributed by atoms with Crippen LogP contribution in [0.2, 0.25) is 0 Å². The molecule has 192 valence electrons. The second-order valence-electron chi connectivity index (χ2n) is 8.86. The lowest BCUT2D eigenvalue weighted by atomic mass is 9.90. The molecular formula is C29H30N2O6. The Kier molecular flexibility index (Phi) is 7.01. The smallest absolute Gasteiger partial charge is 0.266 e. The summed E-state index contributed by atoms with van der Waals surface area (Å²) in [5.41, 5.74) is 1.99. The zero-order valence-corrected chi connectivity index (χ0v) is 21.1. The Balaban J connectivity index is 1.57. The number of anilines is 2. The number of hydroxylamine groups is 1. The molecule has 0 aliphatic carbocycles. The maximum atomic E-state index is 13.9. The molecule has 0 spiro atoms. The average molecular weight is 503 g/mol. The molecule has 2 aliphatic heterocycles. The molecule has 3 atom stereocenters. The SMILES string of the molecule is CCCOc1ccc(C2C3C(=O)N(c4cccc(OC)c4)C(=O)C3ON2c2ccccc2)cc1OCC. The highest BCUT2D eigenvalue weighted by Crippen LogP contribution is 2.49. The highest BCUT2D eigenvalue weighted by atomic mass is 16.7. The Hall–Kier alpha value is -4.04. The van der Waals surface area contributed by atoms with Crippen molar-refractivity contribution in [1.82, 2.24) is 0 Å². The zero-order valence-electron chi connectivity index (χ0n) is 21.1. The molecule has 2 saturated heterocycles. The van der Waals surface area contributed by atoms with E-state index in [1.165, 1.54) is 4.90 Å². The van der Waals surface area contributed by atoms with E-state index in [0.29, 0.717) is 36.1 Å². The van der Waals surface area contributed by atoms with Crippen molar-refractivity contribution in [3.63, 3.8) is 0 Å². The van der Waals surface area contributed by atoms with Crippen LogP contribution in [0.3, 0.4) is 0 Å². The number of hydrogen-bond acceptors (Lipinski definition) is 7. The summed E-state index contributed by atoms with van der Waals surface area (Å²) >= 11 is 0. The maximum absolute atomic E-state index is 13.9. The number of carbonyl (C=O) groups excluding carboxylic acids is 2. The first kappa shape index (κ1) is 24.6. The number of hydrogen-bond donors (Lipinski definition) is 0. The molecule has 0 radical (unpaired) electrons. The van der Waals surface area contributed by atoms with E-state index in [1.54, 1.807) is 36.4 Å². The van der Waals surface area contributed by atoms with Gasteiger partial charge in [0, 0.05) is 6.07 Å². The minimum atomic E-state index is -0.963. The predicted octanol–water partition coefficient (Wildman–Crippen LogP) is 4.93. The zero-order chi connectivity index (χ0) is 25.9. The Morgan fingerprint density at radius 1 is 0.838 bits per heavy atom. The number of imide groups is 1. The molecule has 3 unspecified atom stereocenters. The molecule has 2 heterocycles. The van der Waals surface area contributed by atoms with Gasteiger partial charge in [0.25, 0.3) is 5.91 Å². The third-order valence-electron chi connectivity index (χ3n) is 6.51. The van der Waals surface area contributed by atoms with Gasteiger partial charge >= 0.3 is 0 Å². The summed E-state index contributed by atoms with van der Waals surface area (Å²) in [6, 6.07) is 21.5. The first-order valence-electron chi connectivity index (χ1n) is 12.5. The van der Waals surface area contributed by atoms with E-state index in [1.807, 2.05) is 62.4 Å². The van der Waals surface area contributed by atoms with Crippen LogP contribution in [0.15, 0.2) is 72.8 Å². The Labute approximate surface area is 216 Å². The van der Waals surface area contributed by atoms with Gasteiger partial charge in [0.2, 0.25) is 5.91 Å². The van der Waals surface area contributed by atoms with Gasteiger partial charge in [0.05, 0.1) is 37.7 Å². The number of para-hydroxylation sites is 1. The fraction of sp³-hybridized carbons (Fsp3) is 0.310. The molecule has 8 heteroatoms. The van der Waals surface area contributed by atoms with Crippen LogP contribution in [0.5, 0.6) is 17.2 Å². The second-order valence-corrected chi connectivity index (χ2v) is 8.86. The van der Waals surface area contributed by atoms with Crippen molar-refractivity contribution in [2.45, 2.75) is 32.4 Å². The minimum absolute atomic E-state index is 0.323. The molecule has 0 bridgehead atoms. The second kappa shape index (κ2) is 10.5. The van der Waals surface area contributed by atoms with Crippen LogP contribution < -0.4 is 24.2 Å². The van der Waals surface area contributed by atoms with E-state index < -0.39 is 24.0 Å².